The topological polar surface area (TPSA) is 49.4 Å². The van der Waals surface area contributed by atoms with Gasteiger partial charge < -0.3 is 10.2 Å². The molecule has 4 heteroatoms. The number of hydrogen-bond acceptors (Lipinski definition) is 2. The highest BCUT2D eigenvalue weighted by Crippen LogP contribution is 2.37. The Morgan fingerprint density at radius 3 is 2.48 bits per heavy atom. The molecule has 2 aliphatic rings. The molecule has 0 unspecified atom stereocenters. The van der Waals surface area contributed by atoms with Gasteiger partial charge in [-0.15, -0.1) is 0 Å². The van der Waals surface area contributed by atoms with E-state index in [0.29, 0.717) is 12.8 Å². The van der Waals surface area contributed by atoms with E-state index in [2.05, 4.69) is 5.32 Å². The second-order valence-electron chi connectivity index (χ2n) is 6.32. The highest BCUT2D eigenvalue weighted by Gasteiger charge is 2.38. The van der Waals surface area contributed by atoms with Crippen molar-refractivity contribution in [3.63, 3.8) is 0 Å². The van der Waals surface area contributed by atoms with Crippen LogP contribution in [0.25, 0.3) is 0 Å². The Kier molecular flexibility index (Phi) is 3.95. The molecule has 0 saturated carbocycles. The number of hydrogen-bond donors (Lipinski definition) is 1. The summed E-state index contributed by atoms with van der Waals surface area (Å²) in [6.07, 6.45) is 4.11. The molecule has 0 bridgehead atoms. The molecule has 2 saturated heterocycles. The SMILES string of the molecule is O=C1CCC2(CCN(C(=O)Cc3ccccc3)CC2)CN1. The fourth-order valence-electron chi connectivity index (χ4n) is 3.38. The normalized spacial score (nSPS) is 21.1. The quantitative estimate of drug-likeness (QED) is 0.900. The smallest absolute Gasteiger partial charge is 0.226 e. The van der Waals surface area contributed by atoms with Crippen LogP contribution in [0.2, 0.25) is 0 Å². The van der Waals surface area contributed by atoms with Crippen LogP contribution in [0, 0.1) is 5.41 Å². The Balaban J connectivity index is 1.53. The molecule has 2 fully saturated rings. The zero-order chi connectivity index (χ0) is 14.7. The molecule has 0 aliphatic carbocycles. The van der Waals surface area contributed by atoms with E-state index in [1.165, 1.54) is 0 Å². The molecular weight excluding hydrogens is 264 g/mol. The summed E-state index contributed by atoms with van der Waals surface area (Å²) >= 11 is 0. The Morgan fingerprint density at radius 2 is 1.86 bits per heavy atom. The third-order valence-electron chi connectivity index (χ3n) is 4.92. The van der Waals surface area contributed by atoms with E-state index in [-0.39, 0.29) is 17.2 Å². The van der Waals surface area contributed by atoms with Gasteiger partial charge in [0, 0.05) is 26.1 Å². The van der Waals surface area contributed by atoms with Gasteiger partial charge in [0.25, 0.3) is 0 Å². The molecule has 1 aromatic carbocycles. The van der Waals surface area contributed by atoms with E-state index in [0.717, 1.165) is 44.5 Å². The van der Waals surface area contributed by atoms with Gasteiger partial charge in [0.15, 0.2) is 0 Å². The summed E-state index contributed by atoms with van der Waals surface area (Å²) in [5.41, 5.74) is 1.31. The van der Waals surface area contributed by atoms with Crippen molar-refractivity contribution in [3.8, 4) is 0 Å². The van der Waals surface area contributed by atoms with Gasteiger partial charge in [-0.25, -0.2) is 0 Å². The summed E-state index contributed by atoms with van der Waals surface area (Å²) in [4.78, 5) is 25.6. The van der Waals surface area contributed by atoms with Crippen LogP contribution in [0.1, 0.15) is 31.2 Å². The van der Waals surface area contributed by atoms with E-state index >= 15 is 0 Å². The minimum absolute atomic E-state index is 0.170. The zero-order valence-electron chi connectivity index (χ0n) is 12.3. The monoisotopic (exact) mass is 286 g/mol. The number of amides is 2. The number of likely N-dealkylation sites (tertiary alicyclic amines) is 1. The van der Waals surface area contributed by atoms with Crippen molar-refractivity contribution in [1.82, 2.24) is 10.2 Å². The lowest BCUT2D eigenvalue weighted by atomic mass is 9.73. The molecule has 3 rings (SSSR count). The number of benzene rings is 1. The Bertz CT molecular complexity index is 507. The van der Waals surface area contributed by atoms with Crippen molar-refractivity contribution in [2.45, 2.75) is 32.1 Å². The van der Waals surface area contributed by atoms with Crippen molar-refractivity contribution in [2.24, 2.45) is 5.41 Å². The molecule has 112 valence electrons. The van der Waals surface area contributed by atoms with Gasteiger partial charge in [0.2, 0.25) is 11.8 Å². The largest absolute Gasteiger partial charge is 0.356 e. The van der Waals surface area contributed by atoms with Crippen molar-refractivity contribution >= 4 is 11.8 Å². The number of carbonyl (C=O) groups is 2. The number of piperidine rings is 2. The number of rotatable bonds is 2. The molecular formula is C17H22N2O2. The Hall–Kier alpha value is -1.84. The first-order valence-electron chi connectivity index (χ1n) is 7.75. The first-order chi connectivity index (χ1) is 10.2. The minimum Gasteiger partial charge on any atom is -0.356 e. The maximum absolute atomic E-state index is 12.3. The van der Waals surface area contributed by atoms with Crippen LogP contribution in [0.15, 0.2) is 30.3 Å². The summed E-state index contributed by atoms with van der Waals surface area (Å²) in [6, 6.07) is 9.91. The molecule has 1 N–H and O–H groups in total. The third kappa shape index (κ3) is 3.26. The predicted octanol–water partition coefficient (Wildman–Crippen LogP) is 1.75. The van der Waals surface area contributed by atoms with Gasteiger partial charge in [-0.3, -0.25) is 9.59 Å². The number of nitrogens with one attached hydrogen (secondary N) is 1. The van der Waals surface area contributed by atoms with E-state index in [9.17, 15) is 9.59 Å². The van der Waals surface area contributed by atoms with Crippen LogP contribution in [0.4, 0.5) is 0 Å². The van der Waals surface area contributed by atoms with Gasteiger partial charge in [0.1, 0.15) is 0 Å². The van der Waals surface area contributed by atoms with Gasteiger partial charge >= 0.3 is 0 Å². The molecule has 2 amide bonds. The van der Waals surface area contributed by atoms with E-state index in [1.807, 2.05) is 35.2 Å². The third-order valence-corrected chi connectivity index (χ3v) is 4.92. The highest BCUT2D eigenvalue weighted by molar-refractivity contribution is 5.79. The van der Waals surface area contributed by atoms with Crippen molar-refractivity contribution < 1.29 is 9.59 Å². The van der Waals surface area contributed by atoms with Gasteiger partial charge in [-0.05, 0) is 30.2 Å². The molecule has 0 aromatic heterocycles. The highest BCUT2D eigenvalue weighted by atomic mass is 16.2. The van der Waals surface area contributed by atoms with E-state index in [4.69, 9.17) is 0 Å². The van der Waals surface area contributed by atoms with Crippen LogP contribution in [0.3, 0.4) is 0 Å². The Labute approximate surface area is 125 Å². The van der Waals surface area contributed by atoms with Crippen LogP contribution in [0.5, 0.6) is 0 Å². The fraction of sp³-hybridized carbons (Fsp3) is 0.529. The van der Waals surface area contributed by atoms with Crippen LogP contribution in [-0.4, -0.2) is 36.3 Å². The minimum atomic E-state index is 0.170. The summed E-state index contributed by atoms with van der Waals surface area (Å²) in [6.45, 7) is 2.43. The second kappa shape index (κ2) is 5.88. The molecule has 21 heavy (non-hydrogen) atoms. The van der Waals surface area contributed by atoms with E-state index < -0.39 is 0 Å². The van der Waals surface area contributed by atoms with Gasteiger partial charge in [0.05, 0.1) is 6.42 Å². The first-order valence-corrected chi connectivity index (χ1v) is 7.75. The van der Waals surface area contributed by atoms with Gasteiger partial charge in [-0.1, -0.05) is 30.3 Å². The van der Waals surface area contributed by atoms with Crippen LogP contribution < -0.4 is 5.32 Å². The molecule has 1 aromatic rings. The van der Waals surface area contributed by atoms with Gasteiger partial charge in [-0.2, -0.15) is 0 Å². The summed E-state index contributed by atoms with van der Waals surface area (Å²) in [5, 5.41) is 2.98. The van der Waals surface area contributed by atoms with Crippen molar-refractivity contribution in [1.29, 1.82) is 0 Å². The van der Waals surface area contributed by atoms with Crippen molar-refractivity contribution in [3.05, 3.63) is 35.9 Å². The fourth-order valence-corrected chi connectivity index (χ4v) is 3.38. The lowest BCUT2D eigenvalue weighted by Gasteiger charge is -2.44. The molecule has 4 nitrogen and oxygen atoms in total. The average Bonchev–Trinajstić information content (AvgIpc) is 2.52. The number of carbonyl (C=O) groups excluding carboxylic acids is 2. The first kappa shape index (κ1) is 14.1. The van der Waals surface area contributed by atoms with E-state index in [1.54, 1.807) is 0 Å². The maximum atomic E-state index is 12.3. The standard InChI is InChI=1S/C17H22N2O2/c20-15-6-7-17(13-18-15)8-10-19(11-9-17)16(21)12-14-4-2-1-3-5-14/h1-5H,6-13H2,(H,18,20). The number of nitrogens with zero attached hydrogens (tertiary/aromatic N) is 1. The molecule has 0 atom stereocenters. The Morgan fingerprint density at radius 1 is 1.14 bits per heavy atom. The second-order valence-corrected chi connectivity index (χ2v) is 6.32. The predicted molar refractivity (Wildman–Crippen MR) is 80.6 cm³/mol. The van der Waals surface area contributed by atoms with Crippen LogP contribution in [-0.2, 0) is 16.0 Å². The summed E-state index contributed by atoms with van der Waals surface area (Å²) in [5.74, 6) is 0.388. The zero-order valence-corrected chi connectivity index (χ0v) is 12.3. The maximum Gasteiger partial charge on any atom is 0.226 e. The molecule has 2 heterocycles. The summed E-state index contributed by atoms with van der Waals surface area (Å²) < 4.78 is 0. The van der Waals surface area contributed by atoms with Crippen molar-refractivity contribution in [2.75, 3.05) is 19.6 Å². The molecule has 1 spiro atoms. The molecule has 2 aliphatic heterocycles. The lowest BCUT2D eigenvalue weighted by Crippen LogP contribution is -2.51. The molecule has 0 radical (unpaired) electrons. The summed E-state index contributed by atoms with van der Waals surface area (Å²) in [7, 11) is 0. The lowest BCUT2D eigenvalue weighted by molar-refractivity contribution is -0.134. The average molecular weight is 286 g/mol. The van der Waals surface area contributed by atoms with Crippen LogP contribution >= 0.6 is 0 Å².